The fourth-order valence-corrected chi connectivity index (χ4v) is 5.53. The van der Waals surface area contributed by atoms with Gasteiger partial charge in [-0.25, -0.2) is 9.97 Å². The molecule has 148 valence electrons. The number of carbonyl (C=O) groups excluding carboxylic acids is 1. The van der Waals surface area contributed by atoms with Gasteiger partial charge in [0.05, 0.1) is 23.3 Å². The molecule has 7 nitrogen and oxygen atoms in total. The fourth-order valence-electron chi connectivity index (χ4n) is 4.47. The van der Waals surface area contributed by atoms with E-state index in [1.807, 2.05) is 23.2 Å². The average Bonchev–Trinajstić information content (AvgIpc) is 3.41. The molecule has 1 spiro atoms. The lowest BCUT2D eigenvalue weighted by Gasteiger charge is -2.43. The second kappa shape index (κ2) is 7.09. The molecule has 28 heavy (non-hydrogen) atoms. The number of ether oxygens (including phenoxy) is 2. The molecule has 3 aliphatic rings. The molecule has 0 aliphatic carbocycles. The average molecular weight is 401 g/mol. The van der Waals surface area contributed by atoms with Gasteiger partial charge in [0.1, 0.15) is 5.60 Å². The first-order valence-corrected chi connectivity index (χ1v) is 10.7. The van der Waals surface area contributed by atoms with Crippen LogP contribution >= 0.6 is 11.3 Å². The number of anilines is 1. The summed E-state index contributed by atoms with van der Waals surface area (Å²) in [6.07, 6.45) is 6.38. The van der Waals surface area contributed by atoms with Gasteiger partial charge < -0.3 is 20.1 Å². The van der Waals surface area contributed by atoms with Crippen LogP contribution in [0.25, 0.3) is 0 Å². The number of thiophene rings is 1. The number of carbonyl (C=O) groups is 1. The molecule has 8 heteroatoms. The number of hydrogen-bond acceptors (Lipinski definition) is 7. The first-order chi connectivity index (χ1) is 13.6. The number of piperidine rings is 1. The van der Waals surface area contributed by atoms with Crippen molar-refractivity contribution in [2.75, 3.05) is 32.0 Å². The zero-order chi connectivity index (χ0) is 19.1. The van der Waals surface area contributed by atoms with Gasteiger partial charge in [0.25, 0.3) is 5.91 Å². The lowest BCUT2D eigenvalue weighted by Crippen LogP contribution is -2.48. The first-order valence-electron chi connectivity index (χ1n) is 9.91. The Morgan fingerprint density at radius 2 is 2.14 bits per heavy atom. The zero-order valence-corrected chi connectivity index (χ0v) is 16.5. The number of nitrogens with two attached hydrogens (primary N) is 1. The molecule has 0 aromatic carbocycles. The van der Waals surface area contributed by atoms with E-state index < -0.39 is 5.60 Å². The van der Waals surface area contributed by atoms with Crippen LogP contribution in [0.2, 0.25) is 0 Å². The molecule has 1 unspecified atom stereocenters. The molecule has 5 heterocycles. The second-order valence-corrected chi connectivity index (χ2v) is 8.81. The summed E-state index contributed by atoms with van der Waals surface area (Å²) < 4.78 is 11.9. The third kappa shape index (κ3) is 3.09. The van der Waals surface area contributed by atoms with E-state index in [1.165, 1.54) is 0 Å². The fraction of sp³-hybridized carbons (Fsp3) is 0.550. The molecule has 2 saturated heterocycles. The van der Waals surface area contributed by atoms with Gasteiger partial charge in [0.2, 0.25) is 5.95 Å². The van der Waals surface area contributed by atoms with Crippen LogP contribution in [0.5, 0.6) is 0 Å². The largest absolute Gasteiger partial charge is 0.373 e. The number of nitrogens with zero attached hydrogens (tertiary/aromatic N) is 3. The molecule has 0 saturated carbocycles. The molecule has 2 N–H and O–H groups in total. The molecule has 1 amide bonds. The van der Waals surface area contributed by atoms with Crippen LogP contribution in [0.3, 0.4) is 0 Å². The van der Waals surface area contributed by atoms with Gasteiger partial charge in [-0.3, -0.25) is 4.79 Å². The standard InChI is InChI=1S/C20H24N4O3S/c21-19-22-12-13-5-11-27-20(17(13)23-19)6-8-24(9-7-20)18(25)16-4-3-15(28-16)14-2-1-10-26-14/h3-4,12,14H,1-2,5-11H2,(H2,21,22,23). The van der Waals surface area contributed by atoms with Crippen molar-refractivity contribution in [3.63, 3.8) is 0 Å². The molecule has 0 bridgehead atoms. The van der Waals surface area contributed by atoms with Gasteiger partial charge in [-0.2, -0.15) is 0 Å². The van der Waals surface area contributed by atoms with Crippen molar-refractivity contribution in [1.29, 1.82) is 0 Å². The van der Waals surface area contributed by atoms with Crippen LogP contribution in [0.1, 0.15) is 57.6 Å². The SMILES string of the molecule is Nc1ncc2c(n1)C1(CCN(C(=O)c3ccc(C4CCCO4)s3)CC1)OCC2. The van der Waals surface area contributed by atoms with Crippen LogP contribution in [0.4, 0.5) is 5.95 Å². The van der Waals surface area contributed by atoms with E-state index in [4.69, 9.17) is 15.2 Å². The summed E-state index contributed by atoms with van der Waals surface area (Å²) in [4.78, 5) is 25.5. The zero-order valence-electron chi connectivity index (χ0n) is 15.7. The Kier molecular flexibility index (Phi) is 4.57. The Labute approximate surface area is 167 Å². The molecule has 1 atom stereocenters. The molecular weight excluding hydrogens is 376 g/mol. The van der Waals surface area contributed by atoms with Crippen LogP contribution in [-0.4, -0.2) is 47.1 Å². The van der Waals surface area contributed by atoms with Gasteiger partial charge in [-0.1, -0.05) is 0 Å². The highest BCUT2D eigenvalue weighted by atomic mass is 32.1. The summed E-state index contributed by atoms with van der Waals surface area (Å²) in [6, 6.07) is 3.98. The van der Waals surface area contributed by atoms with Crippen LogP contribution in [0, 0.1) is 0 Å². The number of aromatic nitrogens is 2. The van der Waals surface area contributed by atoms with Crippen LogP contribution < -0.4 is 5.73 Å². The summed E-state index contributed by atoms with van der Waals surface area (Å²) in [7, 11) is 0. The first kappa shape index (κ1) is 18.0. The smallest absolute Gasteiger partial charge is 0.263 e. The number of hydrogen-bond donors (Lipinski definition) is 1. The van der Waals surface area contributed by atoms with Crippen molar-refractivity contribution in [3.8, 4) is 0 Å². The number of fused-ring (bicyclic) bond motifs is 2. The highest BCUT2D eigenvalue weighted by Crippen LogP contribution is 2.41. The van der Waals surface area contributed by atoms with Crippen molar-refractivity contribution in [2.24, 2.45) is 0 Å². The van der Waals surface area contributed by atoms with E-state index in [0.717, 1.165) is 59.7 Å². The van der Waals surface area contributed by atoms with Crippen molar-refractivity contribution in [1.82, 2.24) is 14.9 Å². The van der Waals surface area contributed by atoms with E-state index in [2.05, 4.69) is 9.97 Å². The summed E-state index contributed by atoms with van der Waals surface area (Å²) in [5, 5.41) is 0. The lowest BCUT2D eigenvalue weighted by molar-refractivity contribution is -0.0966. The maximum atomic E-state index is 13.0. The molecule has 5 rings (SSSR count). The quantitative estimate of drug-likeness (QED) is 0.833. The molecule has 0 radical (unpaired) electrons. The molecular formula is C20H24N4O3S. The maximum absolute atomic E-state index is 13.0. The topological polar surface area (TPSA) is 90.6 Å². The third-order valence-electron chi connectivity index (χ3n) is 6.01. The summed E-state index contributed by atoms with van der Waals surface area (Å²) in [5.41, 5.74) is 7.40. The molecule has 2 fully saturated rings. The summed E-state index contributed by atoms with van der Waals surface area (Å²) in [5.74, 6) is 0.379. The van der Waals surface area contributed by atoms with Gasteiger partial charge >= 0.3 is 0 Å². The second-order valence-electron chi connectivity index (χ2n) is 7.69. The Hall–Kier alpha value is -2.03. The van der Waals surface area contributed by atoms with E-state index in [9.17, 15) is 4.79 Å². The predicted molar refractivity (Wildman–Crippen MR) is 105 cm³/mol. The number of rotatable bonds is 2. The summed E-state index contributed by atoms with van der Waals surface area (Å²) >= 11 is 1.56. The highest BCUT2D eigenvalue weighted by Gasteiger charge is 2.43. The molecule has 2 aromatic heterocycles. The van der Waals surface area contributed by atoms with Crippen molar-refractivity contribution in [3.05, 3.63) is 39.3 Å². The minimum atomic E-state index is -0.445. The van der Waals surface area contributed by atoms with Crippen molar-refractivity contribution < 1.29 is 14.3 Å². The van der Waals surface area contributed by atoms with Crippen LogP contribution in [0.15, 0.2) is 18.3 Å². The lowest BCUT2D eigenvalue weighted by atomic mass is 9.83. The maximum Gasteiger partial charge on any atom is 0.263 e. The summed E-state index contributed by atoms with van der Waals surface area (Å²) in [6.45, 7) is 2.77. The van der Waals surface area contributed by atoms with Crippen molar-refractivity contribution in [2.45, 2.75) is 43.8 Å². The van der Waals surface area contributed by atoms with Gasteiger partial charge in [-0.05, 0) is 49.8 Å². The van der Waals surface area contributed by atoms with E-state index in [-0.39, 0.29) is 18.0 Å². The Balaban J connectivity index is 1.30. The highest BCUT2D eigenvalue weighted by molar-refractivity contribution is 7.14. The minimum absolute atomic E-state index is 0.0994. The Morgan fingerprint density at radius 3 is 2.93 bits per heavy atom. The van der Waals surface area contributed by atoms with Gasteiger partial charge in [-0.15, -0.1) is 11.3 Å². The number of likely N-dealkylation sites (tertiary alicyclic amines) is 1. The van der Waals surface area contributed by atoms with E-state index in [1.54, 1.807) is 11.3 Å². The number of nitrogen functional groups attached to an aromatic ring is 1. The van der Waals surface area contributed by atoms with E-state index in [0.29, 0.717) is 19.7 Å². The van der Waals surface area contributed by atoms with E-state index >= 15 is 0 Å². The third-order valence-corrected chi connectivity index (χ3v) is 7.17. The predicted octanol–water partition coefficient (Wildman–Crippen LogP) is 2.68. The molecule has 3 aliphatic heterocycles. The van der Waals surface area contributed by atoms with Gasteiger partial charge in [0, 0.05) is 30.8 Å². The monoisotopic (exact) mass is 400 g/mol. The Morgan fingerprint density at radius 1 is 1.29 bits per heavy atom. The van der Waals surface area contributed by atoms with Crippen molar-refractivity contribution >= 4 is 23.2 Å². The number of amides is 1. The Bertz CT molecular complexity index is 885. The van der Waals surface area contributed by atoms with Gasteiger partial charge in [0.15, 0.2) is 0 Å². The van der Waals surface area contributed by atoms with Crippen LogP contribution in [-0.2, 0) is 21.5 Å². The normalized spacial score (nSPS) is 23.7. The molecule has 2 aromatic rings. The minimum Gasteiger partial charge on any atom is -0.373 e.